The number of aromatic nitrogens is 3. The molecule has 0 radical (unpaired) electrons. The van der Waals surface area contributed by atoms with Gasteiger partial charge in [-0.1, -0.05) is 32.1 Å². The Labute approximate surface area is 153 Å². The number of aliphatic hydroxyl groups excluding tert-OH is 1. The number of anilines is 1. The van der Waals surface area contributed by atoms with Gasteiger partial charge >= 0.3 is 0 Å². The molecule has 1 aromatic carbocycles. The highest BCUT2D eigenvalue weighted by Crippen LogP contribution is 2.38. The van der Waals surface area contributed by atoms with Gasteiger partial charge in [0, 0.05) is 34.7 Å². The fourth-order valence-corrected chi connectivity index (χ4v) is 4.23. The normalized spacial score (nSPS) is 13.5. The molecule has 0 fully saturated rings. The lowest BCUT2D eigenvalue weighted by atomic mass is 9.87. The molecule has 0 spiro atoms. The average Bonchev–Trinajstić information content (AvgIpc) is 3.03. The third kappa shape index (κ3) is 2.64. The number of fused-ring (bicyclic) bond motifs is 6. The van der Waals surface area contributed by atoms with Crippen molar-refractivity contribution < 1.29 is 5.11 Å². The number of aromatic amines is 1. The highest BCUT2D eigenvalue weighted by molar-refractivity contribution is 7.23. The first-order valence-electron chi connectivity index (χ1n) is 8.45. The summed E-state index contributed by atoms with van der Waals surface area (Å²) in [4.78, 5) is 24.2. The number of thiazole rings is 1. The summed E-state index contributed by atoms with van der Waals surface area (Å²) in [6, 6.07) is 3.67. The molecular formula is C19H20N4O2S. The molecule has 0 aliphatic carbocycles. The standard InChI is InChI=1S/C19H20N4O2S/c1-19(2,3)13(9-24)22-18-23-15-10-4-6-20-8-12(10)14-11(16(15)26-18)5-7-21-17(14)25/h4-8,13,24H,9H2,1-3H3,(H,21,25)(H,22,23)/t13-/m0/s1. The molecule has 0 aliphatic heterocycles. The van der Waals surface area contributed by atoms with E-state index < -0.39 is 0 Å². The van der Waals surface area contributed by atoms with Crippen LogP contribution >= 0.6 is 11.3 Å². The number of nitrogens with one attached hydrogen (secondary N) is 2. The summed E-state index contributed by atoms with van der Waals surface area (Å²) < 4.78 is 0.956. The zero-order valence-corrected chi connectivity index (χ0v) is 15.6. The van der Waals surface area contributed by atoms with Gasteiger partial charge in [-0.3, -0.25) is 9.78 Å². The number of aliphatic hydroxyl groups is 1. The van der Waals surface area contributed by atoms with Crippen LogP contribution in [-0.2, 0) is 0 Å². The van der Waals surface area contributed by atoms with Crippen LogP contribution in [0.4, 0.5) is 5.13 Å². The van der Waals surface area contributed by atoms with Crippen molar-refractivity contribution in [2.45, 2.75) is 26.8 Å². The topological polar surface area (TPSA) is 90.9 Å². The van der Waals surface area contributed by atoms with Crippen LogP contribution in [0.2, 0.25) is 0 Å². The van der Waals surface area contributed by atoms with E-state index in [0.29, 0.717) is 5.39 Å². The molecule has 0 unspecified atom stereocenters. The fraction of sp³-hybridized carbons (Fsp3) is 0.316. The predicted octanol–water partition coefficient (Wildman–Crippen LogP) is 3.50. The number of hydrogen-bond acceptors (Lipinski definition) is 6. The number of benzene rings is 1. The first kappa shape index (κ1) is 16.9. The maximum Gasteiger partial charge on any atom is 0.256 e. The zero-order chi connectivity index (χ0) is 18.5. The van der Waals surface area contributed by atoms with Gasteiger partial charge in [0.2, 0.25) is 0 Å². The van der Waals surface area contributed by atoms with E-state index in [-0.39, 0.29) is 23.6 Å². The van der Waals surface area contributed by atoms with Crippen LogP contribution in [0.3, 0.4) is 0 Å². The van der Waals surface area contributed by atoms with E-state index in [1.54, 1.807) is 18.6 Å². The van der Waals surface area contributed by atoms with Crippen LogP contribution in [0.5, 0.6) is 0 Å². The Morgan fingerprint density at radius 2 is 2.08 bits per heavy atom. The second kappa shape index (κ2) is 6.03. The Bertz CT molecular complexity index is 1170. The average molecular weight is 368 g/mol. The van der Waals surface area contributed by atoms with Crippen LogP contribution in [0.1, 0.15) is 20.8 Å². The zero-order valence-electron chi connectivity index (χ0n) is 14.8. The molecule has 0 saturated carbocycles. The monoisotopic (exact) mass is 368 g/mol. The predicted molar refractivity (Wildman–Crippen MR) is 107 cm³/mol. The Kier molecular flexibility index (Phi) is 3.93. The van der Waals surface area contributed by atoms with Crippen molar-refractivity contribution in [3.63, 3.8) is 0 Å². The van der Waals surface area contributed by atoms with Gasteiger partial charge in [0.15, 0.2) is 5.13 Å². The van der Waals surface area contributed by atoms with E-state index >= 15 is 0 Å². The van der Waals surface area contributed by atoms with Crippen LogP contribution in [0.25, 0.3) is 31.8 Å². The molecule has 0 amide bonds. The van der Waals surface area contributed by atoms with Crippen molar-refractivity contribution >= 4 is 48.2 Å². The second-order valence-electron chi connectivity index (χ2n) is 7.46. The smallest absolute Gasteiger partial charge is 0.256 e. The van der Waals surface area contributed by atoms with Gasteiger partial charge in [-0.2, -0.15) is 0 Å². The van der Waals surface area contributed by atoms with Crippen LogP contribution in [-0.4, -0.2) is 32.7 Å². The summed E-state index contributed by atoms with van der Waals surface area (Å²) in [5.74, 6) is 0. The van der Waals surface area contributed by atoms with Crippen molar-refractivity contribution in [2.24, 2.45) is 5.41 Å². The molecule has 3 N–H and O–H groups in total. The van der Waals surface area contributed by atoms with Gasteiger partial charge in [-0.25, -0.2) is 4.98 Å². The van der Waals surface area contributed by atoms with Crippen LogP contribution in [0.15, 0.2) is 35.5 Å². The molecule has 4 rings (SSSR count). The molecule has 7 heteroatoms. The molecule has 26 heavy (non-hydrogen) atoms. The number of hydrogen-bond donors (Lipinski definition) is 3. The van der Waals surface area contributed by atoms with Crippen LogP contribution < -0.4 is 10.9 Å². The molecule has 0 aliphatic rings. The minimum absolute atomic E-state index is 0.0184. The number of nitrogens with zero attached hydrogens (tertiary/aromatic N) is 2. The van der Waals surface area contributed by atoms with Gasteiger partial charge in [-0.15, -0.1) is 0 Å². The summed E-state index contributed by atoms with van der Waals surface area (Å²) in [5, 5.41) is 17.0. The van der Waals surface area contributed by atoms with Crippen LogP contribution in [0, 0.1) is 5.41 Å². The molecule has 6 nitrogen and oxygen atoms in total. The minimum Gasteiger partial charge on any atom is -0.394 e. The van der Waals surface area contributed by atoms with Gasteiger partial charge in [0.05, 0.1) is 28.3 Å². The number of rotatable bonds is 3. The Morgan fingerprint density at radius 3 is 2.81 bits per heavy atom. The van der Waals surface area contributed by atoms with Crippen molar-refractivity contribution in [2.75, 3.05) is 11.9 Å². The lowest BCUT2D eigenvalue weighted by molar-refractivity contribution is 0.202. The molecule has 3 aromatic heterocycles. The van der Waals surface area contributed by atoms with Gasteiger partial charge in [0.25, 0.3) is 5.56 Å². The van der Waals surface area contributed by atoms with Gasteiger partial charge in [-0.05, 0) is 17.5 Å². The SMILES string of the molecule is CC(C)(C)[C@H](CO)Nc1nc2c3ccncc3c3c(=O)[nH]ccc3c2s1. The molecule has 1 atom stereocenters. The maximum atomic E-state index is 12.5. The molecule has 3 heterocycles. The first-order chi connectivity index (χ1) is 12.4. The molecule has 134 valence electrons. The lowest BCUT2D eigenvalue weighted by Crippen LogP contribution is -2.37. The number of H-pyrrole nitrogens is 1. The van der Waals surface area contributed by atoms with Crippen molar-refractivity contribution in [3.8, 4) is 0 Å². The fourth-order valence-electron chi connectivity index (χ4n) is 3.17. The van der Waals surface area contributed by atoms with Crippen molar-refractivity contribution in [3.05, 3.63) is 41.1 Å². The maximum absolute atomic E-state index is 12.5. The van der Waals surface area contributed by atoms with Gasteiger partial charge in [0.1, 0.15) is 0 Å². The summed E-state index contributed by atoms with van der Waals surface area (Å²) in [7, 11) is 0. The highest BCUT2D eigenvalue weighted by Gasteiger charge is 2.25. The van der Waals surface area contributed by atoms with E-state index in [0.717, 1.165) is 31.5 Å². The molecule has 0 bridgehead atoms. The Balaban J connectivity index is 2.02. The molecule has 0 saturated heterocycles. The third-order valence-corrected chi connectivity index (χ3v) is 5.72. The van der Waals surface area contributed by atoms with Gasteiger partial charge < -0.3 is 15.4 Å². The van der Waals surface area contributed by atoms with E-state index in [1.165, 1.54) is 11.3 Å². The van der Waals surface area contributed by atoms with E-state index in [4.69, 9.17) is 4.98 Å². The lowest BCUT2D eigenvalue weighted by Gasteiger charge is -2.29. The minimum atomic E-state index is -0.131. The quantitative estimate of drug-likeness (QED) is 0.482. The number of pyridine rings is 2. The highest BCUT2D eigenvalue weighted by atomic mass is 32.1. The Hall–Kier alpha value is -2.51. The van der Waals surface area contributed by atoms with Crippen molar-refractivity contribution in [1.29, 1.82) is 0 Å². The van der Waals surface area contributed by atoms with E-state index in [2.05, 4.69) is 36.1 Å². The second-order valence-corrected chi connectivity index (χ2v) is 8.46. The summed E-state index contributed by atoms with van der Waals surface area (Å²) >= 11 is 1.50. The Morgan fingerprint density at radius 1 is 1.27 bits per heavy atom. The first-order valence-corrected chi connectivity index (χ1v) is 9.27. The summed E-state index contributed by atoms with van der Waals surface area (Å²) in [6.07, 6.45) is 5.08. The van der Waals surface area contributed by atoms with E-state index in [9.17, 15) is 9.90 Å². The largest absolute Gasteiger partial charge is 0.394 e. The van der Waals surface area contributed by atoms with E-state index in [1.807, 2.05) is 12.1 Å². The molecule has 4 aromatic rings. The summed E-state index contributed by atoms with van der Waals surface area (Å²) in [5.41, 5.74) is 0.601. The third-order valence-electron chi connectivity index (χ3n) is 4.70. The molecular weight excluding hydrogens is 348 g/mol. The van der Waals surface area contributed by atoms with Crippen molar-refractivity contribution in [1.82, 2.24) is 15.0 Å². The summed E-state index contributed by atoms with van der Waals surface area (Å²) in [6.45, 7) is 6.24.